The minimum Gasteiger partial charge on any atom is -0.465 e. The lowest BCUT2D eigenvalue weighted by molar-refractivity contribution is -0.385. The largest absolute Gasteiger partial charge is 0.465 e. The Bertz CT molecular complexity index is 771. The molecule has 8 heteroatoms. The fraction of sp³-hybridized carbons (Fsp3) is 0.133. The van der Waals surface area contributed by atoms with Gasteiger partial charge in [0.2, 0.25) is 0 Å². The van der Waals surface area contributed by atoms with Crippen LogP contribution in [-0.2, 0) is 4.74 Å². The number of amides is 1. The van der Waals surface area contributed by atoms with Crippen LogP contribution in [-0.4, -0.2) is 28.9 Å². The average molecular weight is 315 g/mol. The van der Waals surface area contributed by atoms with Crippen molar-refractivity contribution in [3.63, 3.8) is 0 Å². The Hall–Kier alpha value is -3.29. The predicted molar refractivity (Wildman–Crippen MR) is 81.4 cm³/mol. The van der Waals surface area contributed by atoms with Gasteiger partial charge in [-0.05, 0) is 25.1 Å². The number of hydrogen-bond donors (Lipinski definition) is 1. The number of hydrogen-bond acceptors (Lipinski definition) is 6. The third-order valence-corrected chi connectivity index (χ3v) is 3.08. The summed E-state index contributed by atoms with van der Waals surface area (Å²) in [4.78, 5) is 37.6. The van der Waals surface area contributed by atoms with Crippen LogP contribution in [0.3, 0.4) is 0 Å². The van der Waals surface area contributed by atoms with E-state index in [-0.39, 0.29) is 22.6 Å². The first kappa shape index (κ1) is 16.1. The number of nitro benzene ring substituents is 1. The molecule has 0 saturated heterocycles. The van der Waals surface area contributed by atoms with E-state index in [2.05, 4.69) is 15.0 Å². The van der Waals surface area contributed by atoms with E-state index in [0.717, 1.165) is 0 Å². The Morgan fingerprint density at radius 2 is 2.00 bits per heavy atom. The number of benzene rings is 1. The number of methoxy groups -OCH3 is 1. The maximum absolute atomic E-state index is 12.1. The zero-order chi connectivity index (χ0) is 17.0. The van der Waals surface area contributed by atoms with E-state index < -0.39 is 16.8 Å². The number of ether oxygens (including phenoxy) is 1. The molecule has 0 fully saturated rings. The van der Waals surface area contributed by atoms with Gasteiger partial charge in [0.15, 0.2) is 0 Å². The molecule has 1 N–H and O–H groups in total. The summed E-state index contributed by atoms with van der Waals surface area (Å²) in [6, 6.07) is 7.15. The highest BCUT2D eigenvalue weighted by Gasteiger charge is 2.14. The van der Waals surface area contributed by atoms with E-state index >= 15 is 0 Å². The molecule has 0 spiro atoms. The van der Waals surface area contributed by atoms with Crippen LogP contribution in [0.5, 0.6) is 0 Å². The van der Waals surface area contributed by atoms with Gasteiger partial charge in [-0.1, -0.05) is 6.07 Å². The minimum atomic E-state index is -0.557. The number of rotatable bonds is 4. The number of pyridine rings is 1. The summed E-state index contributed by atoms with van der Waals surface area (Å²) in [6.07, 6.45) is 1.22. The number of aryl methyl sites for hydroxylation is 1. The first-order chi connectivity index (χ1) is 10.9. The Kier molecular flexibility index (Phi) is 4.65. The van der Waals surface area contributed by atoms with Gasteiger partial charge in [0, 0.05) is 23.5 Å². The van der Waals surface area contributed by atoms with Gasteiger partial charge >= 0.3 is 5.97 Å². The first-order valence-electron chi connectivity index (χ1n) is 6.53. The van der Waals surface area contributed by atoms with Crippen molar-refractivity contribution in [1.82, 2.24) is 4.98 Å². The Morgan fingerprint density at radius 3 is 2.57 bits per heavy atom. The monoisotopic (exact) mass is 315 g/mol. The Labute approximate surface area is 131 Å². The lowest BCUT2D eigenvalue weighted by atomic mass is 10.2. The summed E-state index contributed by atoms with van der Waals surface area (Å²) in [5.74, 6) is -1.10. The van der Waals surface area contributed by atoms with Gasteiger partial charge in [-0.25, -0.2) is 4.79 Å². The predicted octanol–water partition coefficient (Wildman–Crippen LogP) is 2.34. The van der Waals surface area contributed by atoms with Gasteiger partial charge < -0.3 is 10.1 Å². The van der Waals surface area contributed by atoms with E-state index in [4.69, 9.17) is 0 Å². The molecular weight excluding hydrogens is 302 g/mol. The van der Waals surface area contributed by atoms with Crippen LogP contribution in [0.1, 0.15) is 26.4 Å². The fourth-order valence-corrected chi connectivity index (χ4v) is 1.85. The SMILES string of the molecule is COC(=O)c1ccc(C(=O)Nc2ccc(C)c([N+](=O)[O-])c2)nc1. The van der Waals surface area contributed by atoms with E-state index in [1.54, 1.807) is 19.1 Å². The number of nitrogens with zero attached hydrogens (tertiary/aromatic N) is 2. The Balaban J connectivity index is 2.17. The standard InChI is InChI=1S/C15H13N3O5/c1-9-3-5-11(7-13(9)18(21)22)17-14(19)12-6-4-10(8-16-12)15(20)23-2/h3-8H,1-2H3,(H,17,19). The van der Waals surface area contributed by atoms with Crippen LogP contribution < -0.4 is 5.32 Å². The molecule has 0 bridgehead atoms. The number of esters is 1. The van der Waals surface area contributed by atoms with Crippen LogP contribution in [0.2, 0.25) is 0 Å². The number of carbonyl (C=O) groups excluding carboxylic acids is 2. The molecule has 1 amide bonds. The molecule has 2 aromatic rings. The second-order valence-electron chi connectivity index (χ2n) is 4.64. The maximum Gasteiger partial charge on any atom is 0.339 e. The van der Waals surface area contributed by atoms with Crippen LogP contribution in [0, 0.1) is 17.0 Å². The number of nitrogens with one attached hydrogen (secondary N) is 1. The molecule has 0 aliphatic heterocycles. The van der Waals surface area contributed by atoms with Gasteiger partial charge in [0.1, 0.15) is 5.69 Å². The molecule has 118 valence electrons. The smallest absolute Gasteiger partial charge is 0.339 e. The van der Waals surface area contributed by atoms with E-state index in [9.17, 15) is 19.7 Å². The van der Waals surface area contributed by atoms with Gasteiger partial charge in [-0.15, -0.1) is 0 Å². The fourth-order valence-electron chi connectivity index (χ4n) is 1.85. The zero-order valence-corrected chi connectivity index (χ0v) is 12.4. The molecular formula is C15H13N3O5. The maximum atomic E-state index is 12.1. The van der Waals surface area contributed by atoms with Crippen molar-refractivity contribution in [3.05, 3.63) is 63.5 Å². The van der Waals surface area contributed by atoms with Crippen molar-refractivity contribution < 1.29 is 19.2 Å². The molecule has 0 radical (unpaired) electrons. The molecule has 23 heavy (non-hydrogen) atoms. The molecule has 2 rings (SSSR count). The van der Waals surface area contributed by atoms with Crippen molar-refractivity contribution in [2.75, 3.05) is 12.4 Å². The molecule has 1 heterocycles. The molecule has 8 nitrogen and oxygen atoms in total. The van der Waals surface area contributed by atoms with Crippen molar-refractivity contribution in [2.24, 2.45) is 0 Å². The van der Waals surface area contributed by atoms with Crippen LogP contribution >= 0.6 is 0 Å². The van der Waals surface area contributed by atoms with E-state index in [1.807, 2.05) is 0 Å². The van der Waals surface area contributed by atoms with Gasteiger partial charge in [-0.2, -0.15) is 0 Å². The number of aromatic nitrogens is 1. The third-order valence-electron chi connectivity index (χ3n) is 3.08. The minimum absolute atomic E-state index is 0.0703. The summed E-state index contributed by atoms with van der Waals surface area (Å²) in [5, 5.41) is 13.4. The van der Waals surface area contributed by atoms with Crippen LogP contribution in [0.25, 0.3) is 0 Å². The summed E-state index contributed by atoms with van der Waals surface area (Å²) in [5.41, 5.74) is 0.979. The van der Waals surface area contributed by atoms with Crippen LogP contribution in [0.4, 0.5) is 11.4 Å². The highest BCUT2D eigenvalue weighted by molar-refractivity contribution is 6.03. The highest BCUT2D eigenvalue weighted by Crippen LogP contribution is 2.22. The van der Waals surface area contributed by atoms with Gasteiger partial charge in [0.05, 0.1) is 17.6 Å². The van der Waals surface area contributed by atoms with Crippen molar-refractivity contribution >= 4 is 23.3 Å². The van der Waals surface area contributed by atoms with Gasteiger partial charge in [-0.3, -0.25) is 19.9 Å². The molecule has 1 aromatic heterocycles. The lowest BCUT2D eigenvalue weighted by Gasteiger charge is -2.06. The van der Waals surface area contributed by atoms with E-state index in [1.165, 1.54) is 31.5 Å². The highest BCUT2D eigenvalue weighted by atomic mass is 16.6. The van der Waals surface area contributed by atoms with Crippen LogP contribution in [0.15, 0.2) is 36.5 Å². The molecule has 0 unspecified atom stereocenters. The third kappa shape index (κ3) is 3.67. The second kappa shape index (κ2) is 6.65. The molecule has 0 saturated carbocycles. The van der Waals surface area contributed by atoms with Crippen molar-refractivity contribution in [2.45, 2.75) is 6.92 Å². The summed E-state index contributed by atoms with van der Waals surface area (Å²) >= 11 is 0. The topological polar surface area (TPSA) is 111 Å². The normalized spacial score (nSPS) is 10.0. The summed E-state index contributed by atoms with van der Waals surface area (Å²) in [7, 11) is 1.24. The number of nitro groups is 1. The summed E-state index contributed by atoms with van der Waals surface area (Å²) < 4.78 is 4.54. The second-order valence-corrected chi connectivity index (χ2v) is 4.64. The quantitative estimate of drug-likeness (QED) is 0.526. The molecule has 1 aromatic carbocycles. The Morgan fingerprint density at radius 1 is 1.26 bits per heavy atom. The molecule has 0 aliphatic rings. The number of anilines is 1. The molecule has 0 atom stereocenters. The van der Waals surface area contributed by atoms with E-state index in [0.29, 0.717) is 5.56 Å². The first-order valence-corrected chi connectivity index (χ1v) is 6.53. The zero-order valence-electron chi connectivity index (χ0n) is 12.4. The van der Waals surface area contributed by atoms with Gasteiger partial charge in [0.25, 0.3) is 11.6 Å². The van der Waals surface area contributed by atoms with Crippen molar-refractivity contribution in [1.29, 1.82) is 0 Å². The molecule has 0 aliphatic carbocycles. The lowest BCUT2D eigenvalue weighted by Crippen LogP contribution is -2.14. The summed E-state index contributed by atoms with van der Waals surface area (Å²) in [6.45, 7) is 1.61. The van der Waals surface area contributed by atoms with Crippen molar-refractivity contribution in [3.8, 4) is 0 Å². The number of carbonyl (C=O) groups is 2. The average Bonchev–Trinajstić information content (AvgIpc) is 2.55.